The summed E-state index contributed by atoms with van der Waals surface area (Å²) in [5.41, 5.74) is 2.67. The van der Waals surface area contributed by atoms with Crippen LogP contribution in [0.4, 0.5) is 10.1 Å². The van der Waals surface area contributed by atoms with Crippen LogP contribution < -0.4 is 9.62 Å². The quantitative estimate of drug-likeness (QED) is 0.297. The number of halogens is 1. The number of nitrogens with one attached hydrogen (secondary N) is 1. The summed E-state index contributed by atoms with van der Waals surface area (Å²) in [6.07, 6.45) is 1.11. The minimum absolute atomic E-state index is 0.00969. The van der Waals surface area contributed by atoms with E-state index in [2.05, 4.69) is 5.32 Å². The molecule has 8 nitrogen and oxygen atoms in total. The van der Waals surface area contributed by atoms with Gasteiger partial charge in [0.05, 0.1) is 24.1 Å². The van der Waals surface area contributed by atoms with E-state index >= 15 is 0 Å². The first-order valence-corrected chi connectivity index (χ1v) is 14.7. The molecule has 0 fully saturated rings. The van der Waals surface area contributed by atoms with Crippen LogP contribution in [0.3, 0.4) is 0 Å². The lowest BCUT2D eigenvalue weighted by Gasteiger charge is -2.30. The summed E-state index contributed by atoms with van der Waals surface area (Å²) in [5.74, 6) is -0.759. The molecule has 4 rings (SSSR count). The number of benzene rings is 3. The highest BCUT2D eigenvalue weighted by Gasteiger charge is 2.28. The Morgan fingerprint density at radius 2 is 1.62 bits per heavy atom. The summed E-state index contributed by atoms with van der Waals surface area (Å²) in [4.78, 5) is 26.9. The lowest BCUT2D eigenvalue weighted by atomic mass is 9.98. The molecule has 0 saturated heterocycles. The van der Waals surface area contributed by atoms with Crippen LogP contribution in [0, 0.1) is 5.82 Å². The third-order valence-corrected chi connectivity index (χ3v) is 7.87. The first-order valence-electron chi connectivity index (χ1n) is 12.8. The van der Waals surface area contributed by atoms with Crippen LogP contribution in [0.2, 0.25) is 0 Å². The lowest BCUT2D eigenvalue weighted by molar-refractivity contribution is -0.130. The van der Waals surface area contributed by atoms with Gasteiger partial charge in [0.15, 0.2) is 0 Å². The van der Waals surface area contributed by atoms with E-state index in [0.717, 1.165) is 11.8 Å². The zero-order valence-corrected chi connectivity index (χ0v) is 23.9. The van der Waals surface area contributed by atoms with E-state index in [0.29, 0.717) is 22.2 Å². The van der Waals surface area contributed by atoms with Crippen LogP contribution in [0.5, 0.6) is 0 Å². The Morgan fingerprint density at radius 1 is 0.975 bits per heavy atom. The molecule has 0 aliphatic rings. The molecule has 1 aromatic heterocycles. The van der Waals surface area contributed by atoms with E-state index < -0.39 is 21.7 Å². The van der Waals surface area contributed by atoms with Gasteiger partial charge in [-0.1, -0.05) is 30.3 Å². The fourth-order valence-electron chi connectivity index (χ4n) is 4.79. The van der Waals surface area contributed by atoms with Crippen molar-refractivity contribution in [3.63, 3.8) is 0 Å². The van der Waals surface area contributed by atoms with Crippen LogP contribution in [0.15, 0.2) is 71.1 Å². The molecule has 0 saturated carbocycles. The Hall–Kier alpha value is -4.18. The van der Waals surface area contributed by atoms with Crippen molar-refractivity contribution in [1.82, 2.24) is 10.2 Å². The SMILES string of the molecule is CNC(=O)c1c(-c2ccc(F)cc2)oc2cc(N(CCN(C(C)=O)C(C)C)S(C)(=O)=O)c(-c3ccccc3)cc12. The minimum atomic E-state index is -3.81. The van der Waals surface area contributed by atoms with Gasteiger partial charge in [-0.25, -0.2) is 12.8 Å². The standard InChI is InChI=1S/C30H32FN3O5S/c1-19(2)33(20(3)35)15-16-34(40(5,37)38)26-18-27-25(17-24(26)21-9-7-6-8-10-21)28(30(36)32-4)29(39-27)22-11-13-23(31)14-12-22/h6-14,17-19H,15-16H2,1-5H3,(H,32,36). The lowest BCUT2D eigenvalue weighted by Crippen LogP contribution is -2.43. The van der Waals surface area contributed by atoms with Crippen molar-refractivity contribution in [2.45, 2.75) is 26.8 Å². The molecule has 0 aliphatic carbocycles. The Labute approximate surface area is 233 Å². The number of rotatable bonds is 9. The van der Waals surface area contributed by atoms with E-state index in [1.807, 2.05) is 44.2 Å². The molecule has 210 valence electrons. The monoisotopic (exact) mass is 565 g/mol. The van der Waals surface area contributed by atoms with Gasteiger partial charge in [-0.3, -0.25) is 13.9 Å². The van der Waals surface area contributed by atoms with Gasteiger partial charge in [-0.05, 0) is 49.7 Å². The number of nitrogens with zero attached hydrogens (tertiary/aromatic N) is 2. The van der Waals surface area contributed by atoms with Gasteiger partial charge in [0.25, 0.3) is 5.91 Å². The molecule has 1 heterocycles. The Kier molecular flexibility index (Phi) is 8.29. The summed E-state index contributed by atoms with van der Waals surface area (Å²) in [6, 6.07) is 18.0. The van der Waals surface area contributed by atoms with E-state index in [4.69, 9.17) is 4.42 Å². The molecule has 0 aliphatic heterocycles. The summed E-state index contributed by atoms with van der Waals surface area (Å²) in [6.45, 7) is 5.37. The number of amides is 2. The van der Waals surface area contributed by atoms with Crippen molar-refractivity contribution in [2.75, 3.05) is 30.7 Å². The van der Waals surface area contributed by atoms with Crippen LogP contribution >= 0.6 is 0 Å². The highest BCUT2D eigenvalue weighted by Crippen LogP contribution is 2.41. The molecule has 0 unspecified atom stereocenters. The molecule has 2 amide bonds. The molecule has 4 aromatic rings. The molecule has 0 spiro atoms. The first kappa shape index (κ1) is 28.8. The second-order valence-corrected chi connectivity index (χ2v) is 11.7. The number of anilines is 1. The molecule has 1 N–H and O–H groups in total. The van der Waals surface area contributed by atoms with E-state index in [1.165, 1.54) is 42.5 Å². The Balaban J connectivity index is 1.99. The van der Waals surface area contributed by atoms with Crippen LogP contribution in [0.1, 0.15) is 31.1 Å². The molecule has 10 heteroatoms. The maximum Gasteiger partial charge on any atom is 0.255 e. The molecule has 3 aromatic carbocycles. The van der Waals surface area contributed by atoms with Gasteiger partial charge in [0.2, 0.25) is 15.9 Å². The molecular weight excluding hydrogens is 533 g/mol. The topological polar surface area (TPSA) is 99.9 Å². The maximum atomic E-state index is 13.7. The maximum absolute atomic E-state index is 13.7. The number of hydrogen-bond donors (Lipinski definition) is 1. The van der Waals surface area contributed by atoms with Crippen molar-refractivity contribution < 1.29 is 26.8 Å². The summed E-state index contributed by atoms with van der Waals surface area (Å²) >= 11 is 0. The number of hydrogen-bond acceptors (Lipinski definition) is 5. The van der Waals surface area contributed by atoms with Gasteiger partial charge in [-0.15, -0.1) is 0 Å². The van der Waals surface area contributed by atoms with Crippen LogP contribution in [-0.4, -0.2) is 57.6 Å². The Morgan fingerprint density at radius 3 is 2.17 bits per heavy atom. The van der Waals surface area contributed by atoms with Gasteiger partial charge < -0.3 is 14.6 Å². The first-order chi connectivity index (χ1) is 18.9. The molecule has 0 bridgehead atoms. The summed E-state index contributed by atoms with van der Waals surface area (Å²) in [5, 5.41) is 3.11. The summed E-state index contributed by atoms with van der Waals surface area (Å²) < 4.78 is 47.4. The average molecular weight is 566 g/mol. The zero-order valence-electron chi connectivity index (χ0n) is 23.1. The number of carbonyl (C=O) groups excluding carboxylic acids is 2. The average Bonchev–Trinajstić information content (AvgIpc) is 3.28. The van der Waals surface area contributed by atoms with Crippen LogP contribution in [-0.2, 0) is 14.8 Å². The number of sulfonamides is 1. The molecule has 40 heavy (non-hydrogen) atoms. The second-order valence-electron chi connectivity index (χ2n) is 9.77. The third kappa shape index (κ3) is 5.86. The zero-order chi connectivity index (χ0) is 29.2. The summed E-state index contributed by atoms with van der Waals surface area (Å²) in [7, 11) is -2.31. The van der Waals surface area contributed by atoms with Crippen molar-refractivity contribution in [2.24, 2.45) is 0 Å². The molecule has 0 atom stereocenters. The van der Waals surface area contributed by atoms with Gasteiger partial charge in [-0.2, -0.15) is 0 Å². The molecular formula is C30H32FN3O5S. The fraction of sp³-hybridized carbons (Fsp3) is 0.267. The number of furan rings is 1. The van der Waals surface area contributed by atoms with Crippen molar-refractivity contribution >= 4 is 38.5 Å². The largest absolute Gasteiger partial charge is 0.455 e. The highest BCUT2D eigenvalue weighted by molar-refractivity contribution is 7.92. The Bertz CT molecular complexity index is 1650. The van der Waals surface area contributed by atoms with E-state index in [-0.39, 0.29) is 41.9 Å². The van der Waals surface area contributed by atoms with Gasteiger partial charge >= 0.3 is 0 Å². The van der Waals surface area contributed by atoms with E-state index in [9.17, 15) is 22.4 Å². The third-order valence-electron chi connectivity index (χ3n) is 6.69. The normalized spacial score (nSPS) is 11.6. The molecule has 0 radical (unpaired) electrons. The highest BCUT2D eigenvalue weighted by atomic mass is 32.2. The predicted octanol–water partition coefficient (Wildman–Crippen LogP) is 5.29. The van der Waals surface area contributed by atoms with Gasteiger partial charge in [0.1, 0.15) is 17.2 Å². The van der Waals surface area contributed by atoms with Gasteiger partial charge in [0, 0.05) is 49.1 Å². The second kappa shape index (κ2) is 11.5. The number of fused-ring (bicyclic) bond motifs is 1. The number of carbonyl (C=O) groups is 2. The van der Waals surface area contributed by atoms with E-state index in [1.54, 1.807) is 17.0 Å². The smallest absolute Gasteiger partial charge is 0.255 e. The predicted molar refractivity (Wildman–Crippen MR) is 155 cm³/mol. The van der Waals surface area contributed by atoms with Crippen molar-refractivity contribution in [3.8, 4) is 22.5 Å². The van der Waals surface area contributed by atoms with Crippen LogP contribution in [0.25, 0.3) is 33.4 Å². The van der Waals surface area contributed by atoms with Crippen molar-refractivity contribution in [1.29, 1.82) is 0 Å². The van der Waals surface area contributed by atoms with Crippen molar-refractivity contribution in [3.05, 3.63) is 78.1 Å². The fourth-order valence-corrected chi connectivity index (χ4v) is 5.71. The minimum Gasteiger partial charge on any atom is -0.455 e.